The molecule has 0 aliphatic rings. The van der Waals surface area contributed by atoms with Gasteiger partial charge in [-0.15, -0.1) is 0 Å². The summed E-state index contributed by atoms with van der Waals surface area (Å²) in [7, 11) is 0. The van der Waals surface area contributed by atoms with Crippen LogP contribution in [0.1, 0.15) is 25.6 Å². The molecule has 0 saturated heterocycles. The summed E-state index contributed by atoms with van der Waals surface area (Å²) in [5.41, 5.74) is 6.55. The molecule has 5 nitrogen and oxygen atoms in total. The zero-order valence-corrected chi connectivity index (χ0v) is 10.4. The lowest BCUT2D eigenvalue weighted by atomic mass is 10.3. The van der Waals surface area contributed by atoms with E-state index in [1.807, 2.05) is 13.8 Å². The van der Waals surface area contributed by atoms with Gasteiger partial charge in [0.25, 0.3) is 0 Å². The number of aliphatic hydroxyl groups excluding tert-OH is 1. The second kappa shape index (κ2) is 5.05. The van der Waals surface area contributed by atoms with Crippen LogP contribution in [0.5, 0.6) is 0 Å². The highest BCUT2D eigenvalue weighted by atomic mass is 19.4. The summed E-state index contributed by atoms with van der Waals surface area (Å²) in [6.07, 6.45) is -7.09. The van der Waals surface area contributed by atoms with Crippen molar-refractivity contribution in [2.24, 2.45) is 0 Å². The number of hydrogen-bond acceptors (Lipinski definition) is 4. The molecular weight excluding hydrogens is 249 g/mol. The van der Waals surface area contributed by atoms with E-state index in [-0.39, 0.29) is 11.7 Å². The minimum absolute atomic E-state index is 0.0495. The Bertz CT molecular complexity index is 414. The Morgan fingerprint density at radius 3 is 2.44 bits per heavy atom. The van der Waals surface area contributed by atoms with Gasteiger partial charge in [-0.2, -0.15) is 18.3 Å². The second-order valence-electron chi connectivity index (χ2n) is 4.32. The number of nitrogens with zero attached hydrogens (tertiary/aromatic N) is 2. The van der Waals surface area contributed by atoms with Gasteiger partial charge in [-0.05, 0) is 20.8 Å². The fourth-order valence-electron chi connectivity index (χ4n) is 1.42. The van der Waals surface area contributed by atoms with Gasteiger partial charge in [-0.1, -0.05) is 0 Å². The number of aryl methyl sites for hydroxylation is 1. The molecule has 0 spiro atoms. The van der Waals surface area contributed by atoms with E-state index >= 15 is 0 Å². The summed E-state index contributed by atoms with van der Waals surface area (Å²) in [6.45, 7) is 4.67. The van der Waals surface area contributed by atoms with Crippen LogP contribution in [0.2, 0.25) is 0 Å². The Labute approximate surface area is 103 Å². The van der Waals surface area contributed by atoms with E-state index in [4.69, 9.17) is 10.8 Å². The summed E-state index contributed by atoms with van der Waals surface area (Å²) >= 11 is 0. The lowest BCUT2D eigenvalue weighted by Gasteiger charge is -2.18. The van der Waals surface area contributed by atoms with Gasteiger partial charge in [-0.3, -0.25) is 0 Å². The third kappa shape index (κ3) is 3.06. The number of alkyl halides is 3. The molecule has 18 heavy (non-hydrogen) atoms. The van der Waals surface area contributed by atoms with Gasteiger partial charge in [0.1, 0.15) is 5.82 Å². The highest BCUT2D eigenvalue weighted by Gasteiger charge is 2.38. The van der Waals surface area contributed by atoms with Gasteiger partial charge in [-0.25, -0.2) is 4.68 Å². The minimum atomic E-state index is -4.65. The molecule has 1 atom stereocenters. The predicted octanol–water partition coefficient (Wildman–Crippen LogP) is 1.69. The number of nitrogen functional groups attached to an aromatic ring is 1. The van der Waals surface area contributed by atoms with Gasteiger partial charge in [0, 0.05) is 6.04 Å². The molecule has 0 aromatic carbocycles. The lowest BCUT2D eigenvalue weighted by Crippen LogP contribution is -2.35. The van der Waals surface area contributed by atoms with E-state index in [1.54, 1.807) is 6.92 Å². The second-order valence-corrected chi connectivity index (χ2v) is 4.32. The molecule has 0 radical (unpaired) electrons. The number of aromatic nitrogens is 2. The zero-order valence-electron chi connectivity index (χ0n) is 10.4. The predicted molar refractivity (Wildman–Crippen MR) is 62.3 cm³/mol. The highest BCUT2D eigenvalue weighted by Crippen LogP contribution is 2.26. The van der Waals surface area contributed by atoms with Crippen LogP contribution < -0.4 is 11.1 Å². The quantitative estimate of drug-likeness (QED) is 0.775. The molecule has 4 N–H and O–H groups in total. The number of rotatable bonds is 4. The SMILES string of the molecule is Cc1nn(C(C)C)c(NCC(O)C(F)(F)F)c1N. The largest absolute Gasteiger partial charge is 0.416 e. The molecule has 0 aliphatic heterocycles. The van der Waals surface area contributed by atoms with Crippen LogP contribution in [0.3, 0.4) is 0 Å². The Morgan fingerprint density at radius 1 is 1.44 bits per heavy atom. The molecule has 1 aromatic rings. The fraction of sp³-hybridized carbons (Fsp3) is 0.700. The molecule has 104 valence electrons. The van der Waals surface area contributed by atoms with E-state index in [0.29, 0.717) is 11.5 Å². The maximum atomic E-state index is 12.2. The first-order valence-corrected chi connectivity index (χ1v) is 5.47. The van der Waals surface area contributed by atoms with Crippen LogP contribution in [-0.4, -0.2) is 33.7 Å². The zero-order chi connectivity index (χ0) is 14.1. The van der Waals surface area contributed by atoms with Crippen molar-refractivity contribution in [1.29, 1.82) is 0 Å². The number of nitrogens with one attached hydrogen (secondary N) is 1. The molecule has 0 saturated carbocycles. The molecule has 0 bridgehead atoms. The first kappa shape index (κ1) is 14.6. The minimum Gasteiger partial charge on any atom is -0.394 e. The van der Waals surface area contributed by atoms with Crippen LogP contribution in [0, 0.1) is 6.92 Å². The van der Waals surface area contributed by atoms with Crippen LogP contribution in [-0.2, 0) is 0 Å². The van der Waals surface area contributed by atoms with Crippen LogP contribution in [0.25, 0.3) is 0 Å². The lowest BCUT2D eigenvalue weighted by molar-refractivity contribution is -0.198. The van der Waals surface area contributed by atoms with Crippen molar-refractivity contribution in [3.63, 3.8) is 0 Å². The van der Waals surface area contributed by atoms with Crippen molar-refractivity contribution in [2.45, 2.75) is 39.1 Å². The average Bonchev–Trinajstić information content (AvgIpc) is 2.51. The third-order valence-corrected chi connectivity index (χ3v) is 2.46. The Kier molecular flexibility index (Phi) is 4.10. The monoisotopic (exact) mass is 266 g/mol. The first-order valence-electron chi connectivity index (χ1n) is 5.47. The molecular formula is C10H17F3N4O. The maximum Gasteiger partial charge on any atom is 0.416 e. The van der Waals surface area contributed by atoms with Gasteiger partial charge in [0.05, 0.1) is 17.9 Å². The Morgan fingerprint density at radius 2 is 2.00 bits per heavy atom. The van der Waals surface area contributed by atoms with Crippen LogP contribution in [0.4, 0.5) is 24.7 Å². The van der Waals surface area contributed by atoms with Crippen molar-refractivity contribution in [3.05, 3.63) is 5.69 Å². The molecule has 1 aromatic heterocycles. The molecule has 1 unspecified atom stereocenters. The fourth-order valence-corrected chi connectivity index (χ4v) is 1.42. The molecule has 8 heteroatoms. The number of hydrogen-bond donors (Lipinski definition) is 3. The first-order chi connectivity index (χ1) is 8.14. The van der Waals surface area contributed by atoms with Crippen LogP contribution in [0.15, 0.2) is 0 Å². The summed E-state index contributed by atoms with van der Waals surface area (Å²) in [6, 6.07) is -0.0495. The van der Waals surface area contributed by atoms with Gasteiger partial charge in [0.2, 0.25) is 0 Å². The van der Waals surface area contributed by atoms with Crippen LogP contribution >= 0.6 is 0 Å². The standard InChI is InChI=1S/C10H17F3N4O/c1-5(2)17-9(8(14)6(3)16-17)15-4-7(18)10(11,12)13/h5,7,15,18H,4,14H2,1-3H3. The van der Waals surface area contributed by atoms with Crippen molar-refractivity contribution in [2.75, 3.05) is 17.6 Å². The Balaban J connectivity index is 2.85. The number of nitrogens with two attached hydrogens (primary N) is 1. The highest BCUT2D eigenvalue weighted by molar-refractivity contribution is 5.64. The van der Waals surface area contributed by atoms with Gasteiger partial charge >= 0.3 is 6.18 Å². The number of halogens is 3. The molecule has 1 heterocycles. The van der Waals surface area contributed by atoms with Crippen molar-refractivity contribution >= 4 is 11.5 Å². The smallest absolute Gasteiger partial charge is 0.394 e. The number of anilines is 2. The van der Waals surface area contributed by atoms with E-state index in [1.165, 1.54) is 4.68 Å². The summed E-state index contributed by atoms with van der Waals surface area (Å²) in [5, 5.41) is 15.5. The van der Waals surface area contributed by atoms with Gasteiger partial charge in [0.15, 0.2) is 6.10 Å². The van der Waals surface area contributed by atoms with Crippen molar-refractivity contribution in [3.8, 4) is 0 Å². The van der Waals surface area contributed by atoms with E-state index in [2.05, 4.69) is 10.4 Å². The molecule has 1 rings (SSSR count). The summed E-state index contributed by atoms with van der Waals surface area (Å²) in [5.74, 6) is 0.297. The van der Waals surface area contributed by atoms with E-state index in [0.717, 1.165) is 0 Å². The number of aliphatic hydroxyl groups is 1. The third-order valence-electron chi connectivity index (χ3n) is 2.46. The molecule has 0 fully saturated rings. The van der Waals surface area contributed by atoms with E-state index in [9.17, 15) is 13.2 Å². The molecule has 0 aliphatic carbocycles. The van der Waals surface area contributed by atoms with E-state index < -0.39 is 18.8 Å². The van der Waals surface area contributed by atoms with Crippen molar-refractivity contribution in [1.82, 2.24) is 9.78 Å². The maximum absolute atomic E-state index is 12.2. The normalized spacial score (nSPS) is 14.0. The Hall–Kier alpha value is -1.44. The summed E-state index contributed by atoms with van der Waals surface area (Å²) in [4.78, 5) is 0. The average molecular weight is 266 g/mol. The topological polar surface area (TPSA) is 76.1 Å². The van der Waals surface area contributed by atoms with Gasteiger partial charge < -0.3 is 16.2 Å². The summed E-state index contributed by atoms with van der Waals surface area (Å²) < 4.78 is 38.0. The van der Waals surface area contributed by atoms with Crippen molar-refractivity contribution < 1.29 is 18.3 Å². The molecule has 0 amide bonds.